The van der Waals surface area contributed by atoms with Gasteiger partial charge in [-0.3, -0.25) is 0 Å². The Morgan fingerprint density at radius 3 is 1.54 bits per heavy atom. The lowest BCUT2D eigenvalue weighted by Gasteiger charge is -2.41. The molecule has 4 aromatic rings. The minimum atomic E-state index is -2.58. The zero-order valence-electron chi connectivity index (χ0n) is 32.0. The molecule has 4 fully saturated rings. The maximum Gasteiger partial charge on any atom is 0.248 e. The van der Waals surface area contributed by atoms with E-state index in [0.29, 0.717) is 78.2 Å². The fourth-order valence-corrected chi connectivity index (χ4v) is 7.47. The normalized spacial score (nSPS) is 23.8. The van der Waals surface area contributed by atoms with E-state index in [0.717, 1.165) is 18.7 Å². The number of nitrogens with one attached hydrogen (secondary N) is 3. The van der Waals surface area contributed by atoms with Crippen LogP contribution in [0.15, 0.2) is 48.8 Å². The molecule has 18 heteroatoms. The molecule has 0 spiro atoms. The summed E-state index contributed by atoms with van der Waals surface area (Å²) in [7, 11) is 0. The van der Waals surface area contributed by atoms with Crippen LogP contribution in [0.5, 0.6) is 0 Å². The van der Waals surface area contributed by atoms with Crippen molar-refractivity contribution in [3.8, 4) is 11.6 Å². The van der Waals surface area contributed by atoms with Crippen molar-refractivity contribution in [1.82, 2.24) is 34.8 Å². The summed E-state index contributed by atoms with van der Waals surface area (Å²) in [6, 6.07) is 10.1. The van der Waals surface area contributed by atoms with Crippen LogP contribution in [-0.2, 0) is 13.3 Å². The smallest absolute Gasteiger partial charge is 0.248 e. The van der Waals surface area contributed by atoms with Crippen LogP contribution in [0.3, 0.4) is 0 Å². The van der Waals surface area contributed by atoms with Gasteiger partial charge in [0.25, 0.3) is 0 Å². The first-order chi connectivity index (χ1) is 26.9. The number of hydrogen-bond donors (Lipinski definition) is 5. The molecule has 57 heavy (non-hydrogen) atoms. The SMILES string of the molecule is CC1(O)CC(c2cc(NC3CCC(F)(F)CC3)nc(-n3ccc(CF)n3)c2)C1.CC1(O)CNC1.FCc1ccn(-c2cc(Cl)cc(NC3CCC(F)(F)CC3)n2)n1. The van der Waals surface area contributed by atoms with Gasteiger partial charge in [0, 0.05) is 74.3 Å². The lowest BCUT2D eigenvalue weighted by Crippen LogP contribution is -2.57. The van der Waals surface area contributed by atoms with Gasteiger partial charge in [0.05, 0.1) is 22.6 Å². The zero-order valence-corrected chi connectivity index (χ0v) is 32.7. The second-order valence-electron chi connectivity index (χ2n) is 16.2. The van der Waals surface area contributed by atoms with Gasteiger partial charge < -0.3 is 26.2 Å². The van der Waals surface area contributed by atoms with E-state index in [1.54, 1.807) is 36.7 Å². The fraction of sp³-hybridized carbons (Fsp3) is 0.590. The maximum atomic E-state index is 13.4. The summed E-state index contributed by atoms with van der Waals surface area (Å²) >= 11 is 6.09. The molecule has 8 rings (SSSR count). The average Bonchev–Trinajstić information content (AvgIpc) is 3.83. The topological polar surface area (TPSA) is 138 Å². The van der Waals surface area contributed by atoms with Crippen molar-refractivity contribution >= 4 is 23.2 Å². The van der Waals surface area contributed by atoms with Crippen molar-refractivity contribution in [3.63, 3.8) is 0 Å². The van der Waals surface area contributed by atoms with E-state index in [-0.39, 0.29) is 49.3 Å². The molecule has 5 heterocycles. The Hall–Kier alpha value is -3.93. The van der Waals surface area contributed by atoms with Crippen LogP contribution in [0.4, 0.5) is 38.0 Å². The lowest BCUT2D eigenvalue weighted by molar-refractivity contribution is -0.0366. The largest absolute Gasteiger partial charge is 0.390 e. The van der Waals surface area contributed by atoms with Crippen LogP contribution in [-0.4, -0.2) is 88.0 Å². The van der Waals surface area contributed by atoms with Crippen molar-refractivity contribution in [1.29, 1.82) is 0 Å². The Labute approximate surface area is 332 Å². The van der Waals surface area contributed by atoms with Crippen LogP contribution in [0, 0.1) is 0 Å². The Kier molecular flexibility index (Phi) is 13.1. The van der Waals surface area contributed by atoms with Gasteiger partial charge in [-0.05, 0) is 94.2 Å². The summed E-state index contributed by atoms with van der Waals surface area (Å²) < 4.78 is 81.6. The molecule has 3 aliphatic carbocycles. The second kappa shape index (κ2) is 17.5. The first kappa shape index (κ1) is 42.7. The summed E-state index contributed by atoms with van der Waals surface area (Å²) in [5.41, 5.74) is 0.583. The van der Waals surface area contributed by atoms with Gasteiger partial charge in [0.15, 0.2) is 11.6 Å². The second-order valence-corrected chi connectivity index (χ2v) is 16.6. The minimum Gasteiger partial charge on any atom is -0.390 e. The van der Waals surface area contributed by atoms with Crippen molar-refractivity contribution < 1.29 is 36.6 Å². The van der Waals surface area contributed by atoms with Crippen LogP contribution in [0.25, 0.3) is 11.6 Å². The van der Waals surface area contributed by atoms with E-state index in [4.69, 9.17) is 16.7 Å². The van der Waals surface area contributed by atoms with Crippen LogP contribution in [0.1, 0.15) is 101 Å². The van der Waals surface area contributed by atoms with Crippen molar-refractivity contribution in [2.45, 2.75) is 132 Å². The number of pyridine rings is 2. The third-order valence-corrected chi connectivity index (χ3v) is 10.9. The number of aromatic nitrogens is 6. The molecule has 312 valence electrons. The summed E-state index contributed by atoms with van der Waals surface area (Å²) in [6.45, 7) is 3.84. The van der Waals surface area contributed by atoms with E-state index >= 15 is 0 Å². The van der Waals surface area contributed by atoms with Crippen LogP contribution in [0.2, 0.25) is 5.02 Å². The Morgan fingerprint density at radius 1 is 0.719 bits per heavy atom. The van der Waals surface area contributed by atoms with Crippen LogP contribution >= 0.6 is 11.6 Å². The highest BCUT2D eigenvalue weighted by atomic mass is 35.5. The number of alkyl halides is 6. The van der Waals surface area contributed by atoms with Crippen molar-refractivity contribution in [2.24, 2.45) is 0 Å². The number of rotatable bonds is 9. The quantitative estimate of drug-likeness (QED) is 0.106. The molecular weight excluding hydrogens is 776 g/mol. The van der Waals surface area contributed by atoms with Crippen molar-refractivity contribution in [3.05, 3.63) is 70.8 Å². The first-order valence-corrected chi connectivity index (χ1v) is 19.6. The minimum absolute atomic E-state index is 0.0567. The molecule has 0 unspecified atom stereocenters. The number of nitrogens with zero attached hydrogens (tertiary/aromatic N) is 6. The van der Waals surface area contributed by atoms with Crippen LogP contribution < -0.4 is 16.0 Å². The molecule has 0 amide bonds. The predicted octanol–water partition coefficient (Wildman–Crippen LogP) is 8.08. The Morgan fingerprint density at radius 2 is 1.16 bits per heavy atom. The van der Waals surface area contributed by atoms with E-state index in [1.165, 1.54) is 9.36 Å². The molecule has 4 aliphatic rings. The molecule has 3 saturated carbocycles. The summed E-state index contributed by atoms with van der Waals surface area (Å²) in [6.07, 6.45) is 5.59. The Bertz CT molecular complexity index is 1920. The highest BCUT2D eigenvalue weighted by Gasteiger charge is 2.40. The monoisotopic (exact) mass is 825 g/mol. The van der Waals surface area contributed by atoms with Gasteiger partial charge in [0.2, 0.25) is 11.8 Å². The van der Waals surface area contributed by atoms with E-state index in [1.807, 2.05) is 26.0 Å². The number of hydrogen-bond acceptors (Lipinski definition) is 9. The van der Waals surface area contributed by atoms with E-state index in [2.05, 4.69) is 36.1 Å². The number of β-amino-alcohol motifs (C(OH)–C–C–N with tert-alkyl or cyclic N) is 1. The molecule has 11 nitrogen and oxygen atoms in total. The first-order valence-electron chi connectivity index (χ1n) is 19.2. The average molecular weight is 826 g/mol. The highest BCUT2D eigenvalue weighted by Crippen LogP contribution is 2.45. The third-order valence-electron chi connectivity index (χ3n) is 10.6. The predicted molar refractivity (Wildman–Crippen MR) is 205 cm³/mol. The molecule has 1 aliphatic heterocycles. The summed E-state index contributed by atoms with van der Waals surface area (Å²) in [5, 5.41) is 37.0. The van der Waals surface area contributed by atoms with E-state index in [9.17, 15) is 31.4 Å². The van der Waals surface area contributed by atoms with Gasteiger partial charge in [-0.1, -0.05) is 11.6 Å². The molecule has 0 bridgehead atoms. The third kappa shape index (κ3) is 12.1. The summed E-state index contributed by atoms with van der Waals surface area (Å²) in [5.74, 6) is -2.85. The molecule has 4 aromatic heterocycles. The number of aliphatic hydroxyl groups is 2. The van der Waals surface area contributed by atoms with Gasteiger partial charge >= 0.3 is 0 Å². The number of anilines is 2. The molecule has 0 aromatic carbocycles. The lowest BCUT2D eigenvalue weighted by atomic mass is 9.69. The molecule has 5 N–H and O–H groups in total. The molecule has 0 atom stereocenters. The molecular formula is C39H50ClF6N9O2. The fourth-order valence-electron chi connectivity index (χ4n) is 7.27. The highest BCUT2D eigenvalue weighted by molar-refractivity contribution is 6.31. The van der Waals surface area contributed by atoms with Gasteiger partial charge in [-0.2, -0.15) is 10.2 Å². The van der Waals surface area contributed by atoms with E-state index < -0.39 is 30.8 Å². The molecule has 0 radical (unpaired) electrons. The zero-order chi connectivity index (χ0) is 41.0. The Balaban J connectivity index is 0.000000170. The van der Waals surface area contributed by atoms with Gasteiger partial charge in [0.1, 0.15) is 25.0 Å². The molecule has 1 saturated heterocycles. The van der Waals surface area contributed by atoms with Crippen molar-refractivity contribution in [2.75, 3.05) is 23.7 Å². The summed E-state index contributed by atoms with van der Waals surface area (Å²) in [4.78, 5) is 8.95. The van der Waals surface area contributed by atoms with Gasteiger partial charge in [-0.25, -0.2) is 45.7 Å². The maximum absolute atomic E-state index is 13.4. The number of halogens is 7. The standard InChI is InChI=1S/C20H25F3N4O.C15H16ClF3N4.C4H9NO/c1-19(28)10-14(11-19)13-8-17(24-15-2-5-20(22,23)6-3-15)25-18(9-13)27-7-4-16(12-21)26-27;16-10-7-13(20-11-1-4-15(18,19)5-2-11)21-14(8-10)23-6-3-12(9-17)22-23;1-4(6)2-5-3-4/h4,7-9,14-15,28H,2-3,5-6,10-12H2,1H3,(H,24,25);3,6-8,11H,1-2,4-5,9H2,(H,20,21);5-6H,2-3H2,1H3. The van der Waals surface area contributed by atoms with Gasteiger partial charge in [-0.15, -0.1) is 0 Å².